The second kappa shape index (κ2) is 6.88. The fourth-order valence-electron chi connectivity index (χ4n) is 2.11. The van der Waals surface area contributed by atoms with Crippen molar-refractivity contribution >= 4 is 25.6 Å². The Bertz CT molecular complexity index is 562. The van der Waals surface area contributed by atoms with Crippen molar-refractivity contribution in [1.29, 1.82) is 0 Å². The molecule has 0 saturated carbocycles. The molecular formula is C14H31O6PSSi. The molecular weight excluding hydrogens is 355 g/mol. The van der Waals surface area contributed by atoms with Gasteiger partial charge in [-0.15, -0.1) is 0 Å². The van der Waals surface area contributed by atoms with Crippen molar-refractivity contribution in [1.82, 2.24) is 0 Å². The summed E-state index contributed by atoms with van der Waals surface area (Å²) in [6.45, 7) is 13.9. The van der Waals surface area contributed by atoms with Gasteiger partial charge in [-0.1, -0.05) is 20.8 Å². The molecule has 0 amide bonds. The molecule has 0 spiro atoms. The van der Waals surface area contributed by atoms with E-state index in [0.29, 0.717) is 6.42 Å². The SMILES string of the molecule is CC(C)(C)[Si](C)(C)O[C@H]1C[C@H](P(C)(C)=O)O[C@@H]1COS(C)(=O)=O. The minimum absolute atomic E-state index is 0.0233. The molecule has 1 rings (SSSR count). The molecule has 0 bridgehead atoms. The first-order chi connectivity index (χ1) is 10.0. The van der Waals surface area contributed by atoms with Gasteiger partial charge >= 0.3 is 0 Å². The zero-order chi connectivity index (χ0) is 18.3. The van der Waals surface area contributed by atoms with Crippen molar-refractivity contribution in [3.05, 3.63) is 0 Å². The summed E-state index contributed by atoms with van der Waals surface area (Å²) in [7, 11) is -8.05. The molecule has 138 valence electrons. The molecule has 0 radical (unpaired) electrons. The van der Waals surface area contributed by atoms with E-state index in [9.17, 15) is 13.0 Å². The van der Waals surface area contributed by atoms with Gasteiger partial charge < -0.3 is 13.7 Å². The average Bonchev–Trinajstić information content (AvgIpc) is 2.66. The van der Waals surface area contributed by atoms with Crippen molar-refractivity contribution in [3.63, 3.8) is 0 Å². The quantitative estimate of drug-likeness (QED) is 0.396. The molecule has 3 atom stereocenters. The van der Waals surface area contributed by atoms with E-state index in [1.165, 1.54) is 0 Å². The second-order valence-corrected chi connectivity index (χ2v) is 18.0. The van der Waals surface area contributed by atoms with Gasteiger partial charge in [-0.2, -0.15) is 8.42 Å². The van der Waals surface area contributed by atoms with E-state index < -0.39 is 37.5 Å². The van der Waals surface area contributed by atoms with E-state index in [1.54, 1.807) is 13.3 Å². The highest BCUT2D eigenvalue weighted by atomic mass is 32.2. The number of rotatable bonds is 6. The zero-order valence-corrected chi connectivity index (χ0v) is 18.2. The largest absolute Gasteiger partial charge is 0.411 e. The average molecular weight is 387 g/mol. The van der Waals surface area contributed by atoms with E-state index in [0.717, 1.165) is 6.26 Å². The van der Waals surface area contributed by atoms with E-state index in [2.05, 4.69) is 33.9 Å². The lowest BCUT2D eigenvalue weighted by Gasteiger charge is -2.39. The fourth-order valence-corrected chi connectivity index (χ4v) is 5.02. The molecule has 23 heavy (non-hydrogen) atoms. The molecule has 1 saturated heterocycles. The summed E-state index contributed by atoms with van der Waals surface area (Å²) in [6, 6.07) is 0. The van der Waals surface area contributed by atoms with Gasteiger partial charge in [0.25, 0.3) is 10.1 Å². The van der Waals surface area contributed by atoms with Gasteiger partial charge in [-0.3, -0.25) is 4.18 Å². The summed E-state index contributed by atoms with van der Waals surface area (Å²) in [5.74, 6) is -0.412. The zero-order valence-electron chi connectivity index (χ0n) is 15.5. The third-order valence-electron chi connectivity index (χ3n) is 4.57. The van der Waals surface area contributed by atoms with Crippen LogP contribution in [0.4, 0.5) is 0 Å². The van der Waals surface area contributed by atoms with Gasteiger partial charge in [0.15, 0.2) is 8.32 Å². The first kappa shape index (κ1) is 21.3. The van der Waals surface area contributed by atoms with Crippen molar-refractivity contribution in [2.24, 2.45) is 0 Å². The van der Waals surface area contributed by atoms with Crippen molar-refractivity contribution in [3.8, 4) is 0 Å². The Kier molecular flexibility index (Phi) is 6.38. The van der Waals surface area contributed by atoms with Gasteiger partial charge in [0.1, 0.15) is 19.1 Å². The van der Waals surface area contributed by atoms with Crippen LogP contribution < -0.4 is 0 Å². The molecule has 0 aliphatic carbocycles. The van der Waals surface area contributed by atoms with Crippen LogP contribution in [0.3, 0.4) is 0 Å². The molecule has 1 fully saturated rings. The lowest BCUT2D eigenvalue weighted by atomic mass is 10.2. The topological polar surface area (TPSA) is 78.9 Å². The minimum atomic E-state index is -3.55. The summed E-state index contributed by atoms with van der Waals surface area (Å²) in [5, 5.41) is 0.0233. The predicted octanol–water partition coefficient (Wildman–Crippen LogP) is 3.09. The van der Waals surface area contributed by atoms with Gasteiger partial charge in [0, 0.05) is 6.42 Å². The molecule has 1 heterocycles. The van der Waals surface area contributed by atoms with E-state index in [4.69, 9.17) is 13.3 Å². The summed E-state index contributed by atoms with van der Waals surface area (Å²) < 4.78 is 52.0. The van der Waals surface area contributed by atoms with Crippen LogP contribution in [0.1, 0.15) is 27.2 Å². The monoisotopic (exact) mass is 386 g/mol. The van der Waals surface area contributed by atoms with Crippen LogP contribution in [0, 0.1) is 0 Å². The Balaban J connectivity index is 2.93. The van der Waals surface area contributed by atoms with Gasteiger partial charge in [-0.25, -0.2) is 0 Å². The third-order valence-corrected chi connectivity index (χ3v) is 11.4. The van der Waals surface area contributed by atoms with Crippen LogP contribution in [0.15, 0.2) is 0 Å². The van der Waals surface area contributed by atoms with Gasteiger partial charge in [0.2, 0.25) is 0 Å². The van der Waals surface area contributed by atoms with Crippen LogP contribution in [-0.4, -0.2) is 61.0 Å². The van der Waals surface area contributed by atoms with E-state index >= 15 is 0 Å². The highest BCUT2D eigenvalue weighted by molar-refractivity contribution is 7.85. The fraction of sp³-hybridized carbons (Fsp3) is 1.00. The predicted molar refractivity (Wildman–Crippen MR) is 95.6 cm³/mol. The van der Waals surface area contributed by atoms with Crippen LogP contribution in [0.5, 0.6) is 0 Å². The van der Waals surface area contributed by atoms with Crippen molar-refractivity contribution in [2.45, 2.75) is 63.4 Å². The molecule has 0 unspecified atom stereocenters. The van der Waals surface area contributed by atoms with E-state index in [-0.39, 0.29) is 17.7 Å². The highest BCUT2D eigenvalue weighted by Crippen LogP contribution is 2.50. The maximum atomic E-state index is 12.3. The maximum Gasteiger partial charge on any atom is 0.264 e. The molecule has 1 aliphatic rings. The first-order valence-corrected chi connectivity index (χ1v) is 15.1. The van der Waals surface area contributed by atoms with E-state index in [1.807, 2.05) is 0 Å². The highest BCUT2D eigenvalue weighted by Gasteiger charge is 2.47. The third kappa shape index (κ3) is 6.25. The molecule has 0 aromatic carbocycles. The summed E-state index contributed by atoms with van der Waals surface area (Å²) in [5.41, 5.74) is 0. The lowest BCUT2D eigenvalue weighted by Crippen LogP contribution is -2.46. The number of hydrogen-bond donors (Lipinski definition) is 0. The first-order valence-electron chi connectivity index (χ1n) is 7.75. The molecule has 1 aliphatic heterocycles. The van der Waals surface area contributed by atoms with Crippen molar-refractivity contribution in [2.75, 3.05) is 26.2 Å². The minimum Gasteiger partial charge on any atom is -0.411 e. The van der Waals surface area contributed by atoms with Crippen LogP contribution >= 0.6 is 7.14 Å². The number of ether oxygens (including phenoxy) is 1. The molecule has 0 aromatic rings. The summed E-state index contributed by atoms with van der Waals surface area (Å²) >= 11 is 0. The maximum absolute atomic E-state index is 12.3. The normalized spacial score (nSPS) is 27.4. The summed E-state index contributed by atoms with van der Waals surface area (Å²) in [6.07, 6.45) is 0.704. The van der Waals surface area contributed by atoms with Crippen LogP contribution in [-0.2, 0) is 28.0 Å². The Labute approximate surface area is 141 Å². The Morgan fingerprint density at radius 3 is 2.17 bits per heavy atom. The Morgan fingerprint density at radius 1 is 1.26 bits per heavy atom. The number of hydrogen-bond acceptors (Lipinski definition) is 6. The van der Waals surface area contributed by atoms with Crippen LogP contribution in [0.25, 0.3) is 0 Å². The van der Waals surface area contributed by atoms with Crippen molar-refractivity contribution < 1.29 is 26.3 Å². The molecule has 6 nitrogen and oxygen atoms in total. The van der Waals surface area contributed by atoms with Crippen LogP contribution in [0.2, 0.25) is 18.1 Å². The van der Waals surface area contributed by atoms with Gasteiger partial charge in [-0.05, 0) is 31.5 Å². The lowest BCUT2D eigenvalue weighted by molar-refractivity contribution is 0.00784. The smallest absolute Gasteiger partial charge is 0.264 e. The Morgan fingerprint density at radius 2 is 1.78 bits per heavy atom. The standard InChI is InChI=1S/C14H31O6PSSi/c1-14(2,3)23(7,8)20-11-9-13(21(4,5)15)19-12(11)10-18-22(6,16)17/h11-13H,9-10H2,1-8H3/t11-,12+,13-/m0/s1. The molecule has 9 heteroatoms. The molecule has 0 aromatic heterocycles. The summed E-state index contributed by atoms with van der Waals surface area (Å²) in [4.78, 5) is 0. The Hall–Kier alpha value is 0.277. The molecule has 0 N–H and O–H groups in total. The van der Waals surface area contributed by atoms with Gasteiger partial charge in [0.05, 0.1) is 19.0 Å². The second-order valence-electron chi connectivity index (χ2n) is 8.20.